The molecule has 0 aromatic heterocycles. The summed E-state index contributed by atoms with van der Waals surface area (Å²) >= 11 is 0. The van der Waals surface area contributed by atoms with Gasteiger partial charge >= 0.3 is 15.4 Å². The van der Waals surface area contributed by atoms with E-state index >= 15 is 0 Å². The molecule has 0 aromatic rings. The van der Waals surface area contributed by atoms with E-state index in [0.29, 0.717) is 0 Å². The molecular formula is C4H9NO6P2. The molecular weight excluding hydrogens is 220 g/mol. The monoisotopic (exact) mass is 229 g/mol. The van der Waals surface area contributed by atoms with Crippen LogP contribution in [0.2, 0.25) is 0 Å². The largest absolute Gasteiger partial charge is 0.479 e. The smallest absolute Gasteiger partial charge is 0.324 e. The van der Waals surface area contributed by atoms with E-state index in [0.717, 1.165) is 6.66 Å². The molecule has 0 fully saturated rings. The van der Waals surface area contributed by atoms with Gasteiger partial charge in [-0.15, -0.1) is 0 Å². The Morgan fingerprint density at radius 1 is 1.46 bits per heavy atom. The lowest BCUT2D eigenvalue weighted by atomic mass is 10.5. The molecule has 0 aliphatic carbocycles. The van der Waals surface area contributed by atoms with Crippen molar-refractivity contribution in [2.45, 2.75) is 6.42 Å². The molecule has 0 bridgehead atoms. The summed E-state index contributed by atoms with van der Waals surface area (Å²) in [6.45, 7) is 0.424. The molecule has 0 rings (SSSR count). The van der Waals surface area contributed by atoms with Gasteiger partial charge in [-0.2, -0.15) is 5.26 Å². The van der Waals surface area contributed by atoms with Crippen molar-refractivity contribution in [2.75, 3.05) is 13.3 Å². The van der Waals surface area contributed by atoms with E-state index in [-0.39, 0.29) is 13.0 Å². The van der Waals surface area contributed by atoms with E-state index in [1.807, 2.05) is 0 Å². The number of phosphoric acid groups is 1. The summed E-state index contributed by atoms with van der Waals surface area (Å²) < 4.78 is 29.3. The van der Waals surface area contributed by atoms with Gasteiger partial charge in [0, 0.05) is 6.66 Å². The van der Waals surface area contributed by atoms with Crippen LogP contribution in [-0.2, 0) is 18.0 Å². The fraction of sp³-hybridized carbons (Fsp3) is 0.750. The van der Waals surface area contributed by atoms with Gasteiger partial charge in [-0.1, -0.05) is 0 Å². The predicted octanol–water partition coefficient (Wildman–Crippen LogP) is 0.849. The van der Waals surface area contributed by atoms with Crippen LogP contribution in [0, 0.1) is 11.3 Å². The lowest BCUT2D eigenvalue weighted by Crippen LogP contribution is -1.94. The van der Waals surface area contributed by atoms with E-state index in [4.69, 9.17) is 15.0 Å². The highest BCUT2D eigenvalue weighted by Crippen LogP contribution is 2.57. The molecule has 2 atom stereocenters. The maximum atomic E-state index is 10.8. The Bertz CT molecular complexity index is 289. The fourth-order valence-electron chi connectivity index (χ4n) is 0.422. The predicted molar refractivity (Wildman–Crippen MR) is 42.8 cm³/mol. The summed E-state index contributed by atoms with van der Waals surface area (Å²) in [7, 11) is -8.56. The summed E-state index contributed by atoms with van der Waals surface area (Å²) in [5.74, 6) is 0. The Balaban J connectivity index is 4.04. The summed E-state index contributed by atoms with van der Waals surface area (Å²) in [5.41, 5.74) is 0. The highest BCUT2D eigenvalue weighted by molar-refractivity contribution is 7.63. The van der Waals surface area contributed by atoms with Crippen molar-refractivity contribution in [1.82, 2.24) is 0 Å². The van der Waals surface area contributed by atoms with E-state index < -0.39 is 15.4 Å². The second-order valence-corrected chi connectivity index (χ2v) is 5.55. The van der Waals surface area contributed by atoms with Gasteiger partial charge in [-0.25, -0.2) is 8.88 Å². The quantitative estimate of drug-likeness (QED) is 0.529. The Kier molecular flexibility index (Phi) is 4.79. The number of rotatable bonds is 5. The number of nitrogens with zero attached hydrogens (tertiary/aromatic N) is 1. The van der Waals surface area contributed by atoms with Crippen LogP contribution >= 0.6 is 15.4 Å². The molecule has 0 aliphatic rings. The molecule has 76 valence electrons. The van der Waals surface area contributed by atoms with Crippen molar-refractivity contribution < 1.29 is 27.8 Å². The third-order valence-corrected chi connectivity index (χ3v) is 3.27. The standard InChI is InChI=1S/C4H9NO6P2/c1-12(6,7)11-13(8,9)10-4-2-3-5/h2,4H2,1H3,(H,6,7)(H,8,9). The Morgan fingerprint density at radius 2 is 2.00 bits per heavy atom. The minimum absolute atomic E-state index is 0.104. The first-order chi connectivity index (χ1) is 5.77. The lowest BCUT2D eigenvalue weighted by molar-refractivity contribution is 0.200. The van der Waals surface area contributed by atoms with E-state index in [9.17, 15) is 9.13 Å². The summed E-state index contributed by atoms with van der Waals surface area (Å²) in [4.78, 5) is 17.3. The molecule has 2 N–H and O–H groups in total. The fourth-order valence-corrected chi connectivity index (χ4v) is 2.46. The minimum Gasteiger partial charge on any atom is -0.324 e. The van der Waals surface area contributed by atoms with Crippen molar-refractivity contribution in [3.63, 3.8) is 0 Å². The highest BCUT2D eigenvalue weighted by Gasteiger charge is 2.29. The van der Waals surface area contributed by atoms with Crippen LogP contribution in [0.5, 0.6) is 0 Å². The third kappa shape index (κ3) is 8.13. The Morgan fingerprint density at radius 3 is 2.38 bits per heavy atom. The van der Waals surface area contributed by atoms with E-state index in [1.54, 1.807) is 6.07 Å². The van der Waals surface area contributed by atoms with Crippen LogP contribution in [0.1, 0.15) is 6.42 Å². The average Bonchev–Trinajstić information content (AvgIpc) is 1.81. The van der Waals surface area contributed by atoms with Crippen molar-refractivity contribution in [2.24, 2.45) is 0 Å². The second-order valence-electron chi connectivity index (χ2n) is 2.09. The van der Waals surface area contributed by atoms with Crippen LogP contribution < -0.4 is 0 Å². The number of nitriles is 1. The minimum atomic E-state index is -4.51. The van der Waals surface area contributed by atoms with Gasteiger partial charge in [0.15, 0.2) is 0 Å². The molecule has 13 heavy (non-hydrogen) atoms. The molecule has 0 spiro atoms. The first-order valence-corrected chi connectivity index (χ1v) is 6.65. The summed E-state index contributed by atoms with van der Waals surface area (Å²) in [5, 5.41) is 8.05. The molecule has 0 saturated carbocycles. The Labute approximate surface area is 75.1 Å². The van der Waals surface area contributed by atoms with Gasteiger partial charge < -0.3 is 9.79 Å². The molecule has 0 radical (unpaired) electrons. The maximum Gasteiger partial charge on any atom is 0.479 e. The van der Waals surface area contributed by atoms with Crippen LogP contribution in [0.4, 0.5) is 0 Å². The first-order valence-electron chi connectivity index (χ1n) is 3.13. The van der Waals surface area contributed by atoms with Gasteiger partial charge in [-0.3, -0.25) is 9.09 Å². The molecule has 0 heterocycles. The highest BCUT2D eigenvalue weighted by atomic mass is 31.3. The van der Waals surface area contributed by atoms with E-state index in [1.165, 1.54) is 0 Å². The molecule has 2 unspecified atom stereocenters. The lowest BCUT2D eigenvalue weighted by Gasteiger charge is -2.12. The third-order valence-electron chi connectivity index (χ3n) is 0.723. The van der Waals surface area contributed by atoms with Crippen LogP contribution in [0.25, 0.3) is 0 Å². The van der Waals surface area contributed by atoms with Crippen molar-refractivity contribution in [3.05, 3.63) is 0 Å². The molecule has 0 aliphatic heterocycles. The number of hydrogen-bond acceptors (Lipinski definition) is 5. The zero-order valence-electron chi connectivity index (χ0n) is 6.78. The van der Waals surface area contributed by atoms with E-state index in [2.05, 4.69) is 8.83 Å². The van der Waals surface area contributed by atoms with Crippen LogP contribution in [0.15, 0.2) is 0 Å². The molecule has 0 aromatic carbocycles. The van der Waals surface area contributed by atoms with Gasteiger partial charge in [0.2, 0.25) is 0 Å². The number of hydrogen-bond donors (Lipinski definition) is 2. The van der Waals surface area contributed by atoms with Crippen LogP contribution in [0.3, 0.4) is 0 Å². The van der Waals surface area contributed by atoms with Crippen LogP contribution in [-0.4, -0.2) is 23.1 Å². The SMILES string of the molecule is CP(=O)(O)OP(=O)(O)OCCC#N. The molecule has 9 heteroatoms. The van der Waals surface area contributed by atoms with Crippen molar-refractivity contribution in [1.29, 1.82) is 5.26 Å². The maximum absolute atomic E-state index is 10.8. The molecule has 7 nitrogen and oxygen atoms in total. The van der Waals surface area contributed by atoms with Gasteiger partial charge in [0.1, 0.15) is 0 Å². The Hall–Kier alpha value is -0.210. The summed E-state index contributed by atoms with van der Waals surface area (Å²) in [6, 6.07) is 1.66. The van der Waals surface area contributed by atoms with Crippen molar-refractivity contribution in [3.8, 4) is 6.07 Å². The van der Waals surface area contributed by atoms with Gasteiger partial charge in [0.05, 0.1) is 19.1 Å². The zero-order chi connectivity index (χ0) is 10.5. The second kappa shape index (κ2) is 4.87. The normalized spacial score (nSPS) is 19.8. The summed E-state index contributed by atoms with van der Waals surface area (Å²) in [6.07, 6.45) is -0.104. The van der Waals surface area contributed by atoms with Gasteiger partial charge in [-0.05, 0) is 0 Å². The molecule has 0 amide bonds. The topological polar surface area (TPSA) is 117 Å². The van der Waals surface area contributed by atoms with Gasteiger partial charge in [0.25, 0.3) is 0 Å². The zero-order valence-corrected chi connectivity index (χ0v) is 8.57. The molecule has 0 saturated heterocycles. The first kappa shape index (κ1) is 12.8. The van der Waals surface area contributed by atoms with Crippen molar-refractivity contribution >= 4 is 15.4 Å². The number of phosphoric ester groups is 1. The average molecular weight is 229 g/mol.